The zero-order chi connectivity index (χ0) is 28.5. The van der Waals surface area contributed by atoms with Gasteiger partial charge in [0.2, 0.25) is 0 Å². The monoisotopic (exact) mass is 827 g/mol. The van der Waals surface area contributed by atoms with Crippen molar-refractivity contribution in [3.8, 4) is 22.5 Å². The van der Waals surface area contributed by atoms with E-state index in [-0.39, 0.29) is 31.9 Å². The van der Waals surface area contributed by atoms with Gasteiger partial charge in [-0.2, -0.15) is 0 Å². The standard InChI is InChI=1S/C36H42N2Te.Pt/c1-23(2)25-11-13-37-33(19-25)27-15-29(35(5,6)7)21-31(17-27)39-32-18-28(16-30(22-32)36(8,9)10)34-20-26(24(3)4)12-14-38-34;/h11-16,19-24H,1-10H3;/q-2;+2. The molecule has 0 unspecified atom stereocenters. The summed E-state index contributed by atoms with van der Waals surface area (Å²) in [5.41, 5.74) is 9.51. The first kappa shape index (κ1) is 32.7. The van der Waals surface area contributed by atoms with Crippen LogP contribution in [0.25, 0.3) is 22.5 Å². The van der Waals surface area contributed by atoms with E-state index in [1.54, 1.807) is 0 Å². The zero-order valence-corrected chi connectivity index (χ0v) is 30.1. The third-order valence-corrected chi connectivity index (χ3v) is 9.60. The Morgan fingerprint density at radius 3 is 1.30 bits per heavy atom. The van der Waals surface area contributed by atoms with Gasteiger partial charge in [0.05, 0.1) is 0 Å². The van der Waals surface area contributed by atoms with Gasteiger partial charge in [0.1, 0.15) is 0 Å². The van der Waals surface area contributed by atoms with Crippen LogP contribution in [0.2, 0.25) is 0 Å². The molecule has 2 heterocycles. The average molecular weight is 825 g/mol. The van der Waals surface area contributed by atoms with Crippen molar-refractivity contribution in [2.75, 3.05) is 0 Å². The summed E-state index contributed by atoms with van der Waals surface area (Å²) >= 11 is -0.759. The third-order valence-electron chi connectivity index (χ3n) is 7.09. The molecule has 0 saturated heterocycles. The van der Waals surface area contributed by atoms with Crippen molar-refractivity contribution >= 4 is 28.1 Å². The van der Waals surface area contributed by atoms with Gasteiger partial charge in [-0.1, -0.05) is 0 Å². The number of rotatable bonds is 6. The molecule has 0 N–H and O–H groups in total. The normalized spacial score (nSPS) is 12.1. The molecule has 0 fully saturated rings. The van der Waals surface area contributed by atoms with Crippen LogP contribution < -0.4 is 7.22 Å². The fraction of sp³-hybridized carbons (Fsp3) is 0.389. The van der Waals surface area contributed by atoms with Gasteiger partial charge in [0, 0.05) is 0 Å². The molecule has 212 valence electrons. The van der Waals surface area contributed by atoms with Crippen molar-refractivity contribution in [2.45, 2.75) is 91.9 Å². The maximum Gasteiger partial charge on any atom is 2.00 e. The van der Waals surface area contributed by atoms with Crippen LogP contribution >= 0.6 is 0 Å². The molecular formula is C36H42N2PtTe. The van der Waals surface area contributed by atoms with Gasteiger partial charge in [-0.15, -0.1) is 0 Å². The van der Waals surface area contributed by atoms with Crippen molar-refractivity contribution in [1.82, 2.24) is 9.97 Å². The third kappa shape index (κ3) is 8.16. The van der Waals surface area contributed by atoms with Crippen LogP contribution in [-0.2, 0) is 31.9 Å². The Morgan fingerprint density at radius 1 is 0.600 bits per heavy atom. The summed E-state index contributed by atoms with van der Waals surface area (Å²) < 4.78 is 2.58. The molecule has 4 heteroatoms. The van der Waals surface area contributed by atoms with E-state index in [1.165, 1.54) is 29.5 Å². The molecular weight excluding hydrogens is 783 g/mol. The van der Waals surface area contributed by atoms with Crippen molar-refractivity contribution in [3.63, 3.8) is 0 Å². The molecule has 0 bridgehead atoms. The number of aromatic nitrogens is 2. The average Bonchev–Trinajstić information content (AvgIpc) is 2.87. The molecule has 0 aliphatic rings. The SMILES string of the molecule is CC(C)c1ccnc(-c2[c-]c([Te]c3[c-]c(-c4cc(C(C)C)ccn4)cc(C(C)(C)C)c3)cc(C(C)(C)C)c2)c1.[Pt+2]. The van der Waals surface area contributed by atoms with Gasteiger partial charge in [-0.25, -0.2) is 0 Å². The van der Waals surface area contributed by atoms with Gasteiger partial charge < -0.3 is 0 Å². The first-order valence-corrected chi connectivity index (χ1v) is 16.3. The quantitative estimate of drug-likeness (QED) is 0.146. The molecule has 2 nitrogen and oxygen atoms in total. The largest absolute Gasteiger partial charge is 2.00 e. The summed E-state index contributed by atoms with van der Waals surface area (Å²) in [7, 11) is 0. The molecule has 4 aromatic rings. The van der Waals surface area contributed by atoms with Crippen LogP contribution in [0.5, 0.6) is 0 Å². The van der Waals surface area contributed by atoms with Crippen LogP contribution in [0.3, 0.4) is 0 Å². The van der Waals surface area contributed by atoms with Gasteiger partial charge in [0.25, 0.3) is 0 Å². The Hall–Kier alpha value is -1.78. The van der Waals surface area contributed by atoms with E-state index in [0.29, 0.717) is 11.8 Å². The Labute approximate surface area is 267 Å². The van der Waals surface area contributed by atoms with E-state index in [1.807, 2.05) is 12.4 Å². The van der Waals surface area contributed by atoms with Crippen molar-refractivity contribution in [1.29, 1.82) is 0 Å². The molecule has 0 aliphatic heterocycles. The predicted octanol–water partition coefficient (Wildman–Crippen LogP) is 7.91. The zero-order valence-electron chi connectivity index (χ0n) is 25.5. The molecule has 0 saturated carbocycles. The number of hydrogen-bond acceptors (Lipinski definition) is 2. The van der Waals surface area contributed by atoms with E-state index in [2.05, 4.69) is 130 Å². The van der Waals surface area contributed by atoms with Crippen molar-refractivity contribution in [2.24, 2.45) is 0 Å². The summed E-state index contributed by atoms with van der Waals surface area (Å²) in [5, 5.41) is 0. The first-order valence-electron chi connectivity index (χ1n) is 14.0. The second-order valence-corrected chi connectivity index (χ2v) is 16.2. The second-order valence-electron chi connectivity index (χ2n) is 13.2. The van der Waals surface area contributed by atoms with E-state index in [0.717, 1.165) is 22.5 Å². The minimum Gasteiger partial charge on any atom is 2.00 e. The number of hydrogen-bond donors (Lipinski definition) is 0. The Kier molecular flexibility index (Phi) is 10.7. The maximum absolute atomic E-state index is 4.75. The predicted molar refractivity (Wildman–Crippen MR) is 168 cm³/mol. The first-order chi connectivity index (χ1) is 18.2. The van der Waals surface area contributed by atoms with Crippen LogP contribution in [0.15, 0.2) is 60.9 Å². The molecule has 0 amide bonds. The molecule has 0 aliphatic carbocycles. The van der Waals surface area contributed by atoms with Gasteiger partial charge in [0.15, 0.2) is 0 Å². The minimum atomic E-state index is -0.759. The van der Waals surface area contributed by atoms with Crippen molar-refractivity contribution in [3.05, 3.63) is 95.3 Å². The summed E-state index contributed by atoms with van der Waals surface area (Å²) in [6.45, 7) is 22.6. The van der Waals surface area contributed by atoms with Crippen molar-refractivity contribution < 1.29 is 21.1 Å². The Morgan fingerprint density at radius 2 is 0.975 bits per heavy atom. The second kappa shape index (κ2) is 13.0. The number of pyridine rings is 2. The summed E-state index contributed by atoms with van der Waals surface area (Å²) in [6, 6.07) is 25.6. The van der Waals surface area contributed by atoms with Gasteiger partial charge >= 0.3 is 269 Å². The molecule has 0 radical (unpaired) electrons. The fourth-order valence-electron chi connectivity index (χ4n) is 4.36. The Balaban J connectivity index is 0.00000441. The van der Waals surface area contributed by atoms with E-state index >= 15 is 0 Å². The van der Waals surface area contributed by atoms with E-state index in [9.17, 15) is 0 Å². The van der Waals surface area contributed by atoms with Crippen LogP contribution in [0.4, 0.5) is 0 Å². The fourth-order valence-corrected chi connectivity index (χ4v) is 7.02. The van der Waals surface area contributed by atoms with Crippen LogP contribution in [0.1, 0.15) is 103 Å². The van der Waals surface area contributed by atoms with Gasteiger partial charge in [-0.05, 0) is 0 Å². The van der Waals surface area contributed by atoms with Gasteiger partial charge in [-0.3, -0.25) is 0 Å². The minimum absolute atomic E-state index is 0. The molecule has 4 rings (SSSR count). The molecule has 2 aromatic heterocycles. The van der Waals surface area contributed by atoms with Crippen LogP contribution in [0, 0.1) is 12.1 Å². The van der Waals surface area contributed by atoms with Crippen LogP contribution in [-0.4, -0.2) is 30.9 Å². The topological polar surface area (TPSA) is 25.8 Å². The Bertz CT molecular complexity index is 1350. The molecule has 0 atom stereocenters. The summed E-state index contributed by atoms with van der Waals surface area (Å²) in [5.74, 6) is 0.920. The number of benzene rings is 2. The van der Waals surface area contributed by atoms with E-state index in [4.69, 9.17) is 9.97 Å². The molecule has 0 spiro atoms. The molecule has 2 aromatic carbocycles. The summed E-state index contributed by atoms with van der Waals surface area (Å²) in [6.07, 6.45) is 3.87. The number of nitrogens with zero attached hydrogens (tertiary/aromatic N) is 2. The molecule has 40 heavy (non-hydrogen) atoms. The smallest absolute Gasteiger partial charge is 2.00 e. The van der Waals surface area contributed by atoms with E-state index < -0.39 is 20.9 Å². The maximum atomic E-state index is 4.75. The summed E-state index contributed by atoms with van der Waals surface area (Å²) in [4.78, 5) is 9.51.